The Morgan fingerprint density at radius 1 is 1.38 bits per heavy atom. The summed E-state index contributed by atoms with van der Waals surface area (Å²) < 4.78 is 2.22. The third kappa shape index (κ3) is 2.51. The van der Waals surface area contributed by atoms with Gasteiger partial charge >= 0.3 is 0 Å². The molecule has 0 radical (unpaired) electrons. The molecular formula is C18H20N4OS. The van der Waals surface area contributed by atoms with Crippen LogP contribution in [0.5, 0.6) is 0 Å². The zero-order chi connectivity index (χ0) is 16.7. The Bertz CT molecular complexity index is 883. The van der Waals surface area contributed by atoms with Crippen LogP contribution in [0, 0.1) is 13.8 Å². The largest absolute Gasteiger partial charge is 0.338 e. The van der Waals surface area contributed by atoms with E-state index < -0.39 is 0 Å². The van der Waals surface area contributed by atoms with Crippen molar-refractivity contribution in [3.8, 4) is 0 Å². The van der Waals surface area contributed by atoms with Crippen molar-refractivity contribution in [2.24, 2.45) is 0 Å². The van der Waals surface area contributed by atoms with Gasteiger partial charge in [0, 0.05) is 42.5 Å². The van der Waals surface area contributed by atoms with Crippen LogP contribution in [-0.4, -0.2) is 38.3 Å². The second-order valence-electron chi connectivity index (χ2n) is 6.39. The van der Waals surface area contributed by atoms with Gasteiger partial charge < -0.3 is 4.90 Å². The molecule has 0 aromatic carbocycles. The SMILES string of the molecule is Cc1csc2c([C@H]3CCCN(C(=O)c4cccnc4)C3)nc(C)n12. The van der Waals surface area contributed by atoms with Crippen molar-refractivity contribution in [2.75, 3.05) is 13.1 Å². The summed E-state index contributed by atoms with van der Waals surface area (Å²) in [5.74, 6) is 1.41. The molecule has 1 aliphatic heterocycles. The van der Waals surface area contributed by atoms with Crippen LogP contribution in [0.4, 0.5) is 0 Å². The smallest absolute Gasteiger partial charge is 0.255 e. The molecule has 1 fully saturated rings. The molecule has 0 aliphatic carbocycles. The highest BCUT2D eigenvalue weighted by molar-refractivity contribution is 7.15. The monoisotopic (exact) mass is 340 g/mol. The molecule has 3 aromatic heterocycles. The number of nitrogens with zero attached hydrogens (tertiary/aromatic N) is 4. The van der Waals surface area contributed by atoms with Gasteiger partial charge in [0.15, 0.2) is 0 Å². The average Bonchev–Trinajstić information content (AvgIpc) is 3.16. The van der Waals surface area contributed by atoms with Crippen molar-refractivity contribution < 1.29 is 4.79 Å². The van der Waals surface area contributed by atoms with Gasteiger partial charge in [-0.2, -0.15) is 0 Å². The van der Waals surface area contributed by atoms with Gasteiger partial charge in [0.05, 0.1) is 11.3 Å². The highest BCUT2D eigenvalue weighted by Gasteiger charge is 2.29. The molecule has 1 atom stereocenters. The Balaban J connectivity index is 1.62. The number of amides is 1. The van der Waals surface area contributed by atoms with Gasteiger partial charge in [-0.3, -0.25) is 14.2 Å². The number of likely N-dealkylation sites (tertiary alicyclic amines) is 1. The number of fused-ring (bicyclic) bond motifs is 1. The standard InChI is InChI=1S/C18H20N4OS/c1-12-11-24-18-16(20-13(2)22(12)18)15-6-4-8-21(10-15)17(23)14-5-3-7-19-9-14/h3,5,7,9,11,15H,4,6,8,10H2,1-2H3/t15-/m0/s1. The molecule has 0 bridgehead atoms. The molecule has 124 valence electrons. The molecule has 0 N–H and O–H groups in total. The molecule has 1 saturated heterocycles. The van der Waals surface area contributed by atoms with Crippen molar-refractivity contribution >= 4 is 22.1 Å². The van der Waals surface area contributed by atoms with Crippen molar-refractivity contribution in [3.05, 3.63) is 52.7 Å². The summed E-state index contributed by atoms with van der Waals surface area (Å²) in [6.45, 7) is 5.71. The molecule has 0 saturated carbocycles. The van der Waals surface area contributed by atoms with Crippen molar-refractivity contribution in [1.82, 2.24) is 19.3 Å². The van der Waals surface area contributed by atoms with E-state index in [9.17, 15) is 4.79 Å². The maximum absolute atomic E-state index is 12.7. The lowest BCUT2D eigenvalue weighted by Gasteiger charge is -2.32. The van der Waals surface area contributed by atoms with E-state index in [1.54, 1.807) is 23.7 Å². The Hall–Kier alpha value is -2.21. The number of rotatable bonds is 2. The Labute approximate surface area is 145 Å². The molecule has 3 aromatic rings. The van der Waals surface area contributed by atoms with Gasteiger partial charge in [0.25, 0.3) is 5.91 Å². The van der Waals surface area contributed by atoms with Crippen molar-refractivity contribution in [2.45, 2.75) is 32.6 Å². The number of imidazole rings is 1. The first kappa shape index (κ1) is 15.3. The van der Waals surface area contributed by atoms with Crippen LogP contribution in [0.3, 0.4) is 0 Å². The number of hydrogen-bond donors (Lipinski definition) is 0. The Morgan fingerprint density at radius 3 is 3.04 bits per heavy atom. The minimum absolute atomic E-state index is 0.0716. The number of pyridine rings is 1. The lowest BCUT2D eigenvalue weighted by molar-refractivity contribution is 0.0706. The first-order valence-corrected chi connectivity index (χ1v) is 9.15. The fourth-order valence-electron chi connectivity index (χ4n) is 3.58. The molecule has 6 heteroatoms. The normalized spacial score (nSPS) is 18.2. The van der Waals surface area contributed by atoms with E-state index in [4.69, 9.17) is 4.98 Å². The van der Waals surface area contributed by atoms with Gasteiger partial charge in [-0.05, 0) is 38.8 Å². The van der Waals surface area contributed by atoms with Crippen LogP contribution in [0.25, 0.3) is 4.83 Å². The summed E-state index contributed by atoms with van der Waals surface area (Å²) in [5.41, 5.74) is 3.04. The van der Waals surface area contributed by atoms with E-state index in [0.29, 0.717) is 11.5 Å². The second-order valence-corrected chi connectivity index (χ2v) is 7.25. The minimum Gasteiger partial charge on any atom is -0.338 e. The van der Waals surface area contributed by atoms with E-state index >= 15 is 0 Å². The fraction of sp³-hybridized carbons (Fsp3) is 0.389. The van der Waals surface area contributed by atoms with Crippen molar-refractivity contribution in [3.63, 3.8) is 0 Å². The molecule has 1 aliphatic rings. The van der Waals surface area contributed by atoms with Crippen LogP contribution >= 0.6 is 11.3 Å². The molecule has 1 amide bonds. The molecule has 0 unspecified atom stereocenters. The Morgan fingerprint density at radius 2 is 2.25 bits per heavy atom. The summed E-state index contributed by atoms with van der Waals surface area (Å²) in [4.78, 5) is 24.8. The summed E-state index contributed by atoms with van der Waals surface area (Å²) >= 11 is 1.75. The molecule has 4 rings (SSSR count). The van der Waals surface area contributed by atoms with Crippen LogP contribution in [0.2, 0.25) is 0 Å². The predicted molar refractivity (Wildman–Crippen MR) is 94.7 cm³/mol. The molecule has 24 heavy (non-hydrogen) atoms. The second kappa shape index (κ2) is 6.02. The van der Waals surface area contributed by atoms with Crippen molar-refractivity contribution in [1.29, 1.82) is 0 Å². The first-order chi connectivity index (χ1) is 11.6. The lowest BCUT2D eigenvalue weighted by atomic mass is 9.95. The molecule has 0 spiro atoms. The van der Waals surface area contributed by atoms with Gasteiger partial charge in [-0.1, -0.05) is 0 Å². The van der Waals surface area contributed by atoms with E-state index in [0.717, 1.165) is 37.4 Å². The highest BCUT2D eigenvalue weighted by Crippen LogP contribution is 2.33. The molecule has 4 heterocycles. The van der Waals surface area contributed by atoms with E-state index in [2.05, 4.69) is 28.6 Å². The van der Waals surface area contributed by atoms with E-state index in [-0.39, 0.29) is 5.91 Å². The number of thiazole rings is 1. The minimum atomic E-state index is 0.0716. The number of piperidine rings is 1. The van der Waals surface area contributed by atoms with Crippen LogP contribution < -0.4 is 0 Å². The maximum Gasteiger partial charge on any atom is 0.255 e. The van der Waals surface area contributed by atoms with Gasteiger partial charge in [-0.15, -0.1) is 11.3 Å². The van der Waals surface area contributed by atoms with Gasteiger partial charge in [-0.25, -0.2) is 4.98 Å². The topological polar surface area (TPSA) is 50.5 Å². The fourth-order valence-corrected chi connectivity index (χ4v) is 4.68. The quantitative estimate of drug-likeness (QED) is 0.718. The average molecular weight is 340 g/mol. The third-order valence-corrected chi connectivity index (χ3v) is 5.80. The molecular weight excluding hydrogens is 320 g/mol. The summed E-state index contributed by atoms with van der Waals surface area (Å²) in [7, 11) is 0. The van der Waals surface area contributed by atoms with Crippen LogP contribution in [0.1, 0.15) is 46.3 Å². The zero-order valence-corrected chi connectivity index (χ0v) is 14.7. The molecule has 5 nitrogen and oxygen atoms in total. The summed E-state index contributed by atoms with van der Waals surface area (Å²) in [6, 6.07) is 3.64. The number of hydrogen-bond acceptors (Lipinski definition) is 4. The maximum atomic E-state index is 12.7. The van der Waals surface area contributed by atoms with Crippen LogP contribution in [-0.2, 0) is 0 Å². The number of carbonyl (C=O) groups excluding carboxylic acids is 1. The number of aromatic nitrogens is 3. The zero-order valence-electron chi connectivity index (χ0n) is 13.9. The summed E-state index contributed by atoms with van der Waals surface area (Å²) in [5, 5.41) is 2.18. The Kier molecular flexibility index (Phi) is 3.84. The number of aryl methyl sites for hydroxylation is 2. The predicted octanol–water partition coefficient (Wildman–Crippen LogP) is 3.43. The van der Waals surface area contributed by atoms with E-state index in [1.807, 2.05) is 17.0 Å². The highest BCUT2D eigenvalue weighted by atomic mass is 32.1. The number of carbonyl (C=O) groups is 1. The summed E-state index contributed by atoms with van der Waals surface area (Å²) in [6.07, 6.45) is 5.44. The first-order valence-electron chi connectivity index (χ1n) is 8.27. The van der Waals surface area contributed by atoms with Crippen LogP contribution in [0.15, 0.2) is 29.9 Å². The van der Waals surface area contributed by atoms with Gasteiger partial charge in [0.2, 0.25) is 0 Å². The third-order valence-electron chi connectivity index (χ3n) is 4.73. The lowest BCUT2D eigenvalue weighted by Crippen LogP contribution is -2.39. The van der Waals surface area contributed by atoms with E-state index in [1.165, 1.54) is 10.5 Å². The van der Waals surface area contributed by atoms with Gasteiger partial charge in [0.1, 0.15) is 10.7 Å².